The van der Waals surface area contributed by atoms with Crippen molar-refractivity contribution in [1.29, 1.82) is 0 Å². The van der Waals surface area contributed by atoms with Gasteiger partial charge in [0, 0.05) is 12.5 Å². The van der Waals surface area contributed by atoms with Gasteiger partial charge in [0.05, 0.1) is 31.8 Å². The average molecular weight is 767 g/mol. The highest BCUT2D eigenvalue weighted by molar-refractivity contribution is 5.90. The van der Waals surface area contributed by atoms with Gasteiger partial charge in [0.25, 0.3) is 0 Å². The van der Waals surface area contributed by atoms with Crippen molar-refractivity contribution in [3.63, 3.8) is 0 Å². The zero-order valence-corrected chi connectivity index (χ0v) is 35.3. The summed E-state index contributed by atoms with van der Waals surface area (Å²) in [5.41, 5.74) is 2.30. The normalized spacial score (nSPS) is 35.0. The molecule has 10 nitrogen and oxygen atoms in total. The van der Waals surface area contributed by atoms with E-state index in [1.165, 1.54) is 6.92 Å². The lowest BCUT2D eigenvalue weighted by Crippen LogP contribution is -2.65. The standard InChI is InChI=1S/C45H66O10/c1-25(2)29(28-13-16-35(51-11)36(21-28)52-12)14-15-30(40(49)53-24-54-41(50)42(5,6)7)38-32-22-34(48)39-43(8)19-18-33(47)26(3)31(43)17-20-44(39,9)45(32,10)23-37(38)55-27(4)46/h13,16,21,26,31-34,37,39,47-48H,14-15,17-20,22-24H2,1-12H3/t26-,31?,32+,33+,34+,37-,39+,43-,44-,45-/m0/s1. The van der Waals surface area contributed by atoms with Crippen molar-refractivity contribution >= 4 is 23.5 Å². The molecule has 1 aromatic carbocycles. The number of aliphatic hydroxyl groups excluding tert-OH is 2. The predicted octanol–water partition coefficient (Wildman–Crippen LogP) is 8.22. The quantitative estimate of drug-likeness (QED) is 0.136. The Balaban J connectivity index is 1.61. The maximum atomic E-state index is 14.5. The molecule has 10 heteroatoms. The van der Waals surface area contributed by atoms with Crippen LogP contribution in [0.15, 0.2) is 34.9 Å². The van der Waals surface area contributed by atoms with Crippen molar-refractivity contribution in [2.45, 2.75) is 139 Å². The van der Waals surface area contributed by atoms with Crippen LogP contribution in [0.25, 0.3) is 5.57 Å². The first-order valence-corrected chi connectivity index (χ1v) is 20.1. The van der Waals surface area contributed by atoms with Crippen molar-refractivity contribution in [2.75, 3.05) is 21.0 Å². The Morgan fingerprint density at radius 3 is 2.15 bits per heavy atom. The van der Waals surface area contributed by atoms with Crippen LogP contribution in [0.4, 0.5) is 0 Å². The van der Waals surface area contributed by atoms with E-state index in [1.54, 1.807) is 35.0 Å². The van der Waals surface area contributed by atoms with Gasteiger partial charge in [-0.15, -0.1) is 0 Å². The Bertz CT molecular complexity index is 1700. The minimum absolute atomic E-state index is 0.0400. The lowest BCUT2D eigenvalue weighted by molar-refractivity contribution is -0.234. The Kier molecular flexibility index (Phi) is 12.3. The summed E-state index contributed by atoms with van der Waals surface area (Å²) in [6.45, 7) is 19.1. The molecule has 4 aliphatic rings. The van der Waals surface area contributed by atoms with E-state index in [0.29, 0.717) is 48.3 Å². The van der Waals surface area contributed by atoms with Crippen LogP contribution in [0.3, 0.4) is 0 Å². The van der Waals surface area contributed by atoms with Crippen LogP contribution in [-0.4, -0.2) is 67.4 Å². The molecular formula is C45H66O10. The molecule has 0 radical (unpaired) electrons. The fraction of sp³-hybridized carbons (Fsp3) is 0.711. The third kappa shape index (κ3) is 7.71. The predicted molar refractivity (Wildman–Crippen MR) is 210 cm³/mol. The number of methoxy groups -OCH3 is 2. The first kappa shape index (κ1) is 42.8. The highest BCUT2D eigenvalue weighted by atomic mass is 16.7. The van der Waals surface area contributed by atoms with Gasteiger partial charge in [-0.3, -0.25) is 9.59 Å². The first-order chi connectivity index (χ1) is 25.6. The summed E-state index contributed by atoms with van der Waals surface area (Å²) in [4.78, 5) is 40.0. The molecule has 0 aliphatic heterocycles. The van der Waals surface area contributed by atoms with Crippen LogP contribution in [0.1, 0.15) is 126 Å². The number of ether oxygens (including phenoxy) is 5. The third-order valence-electron chi connectivity index (χ3n) is 14.6. The van der Waals surface area contributed by atoms with E-state index >= 15 is 0 Å². The Morgan fingerprint density at radius 1 is 0.873 bits per heavy atom. The van der Waals surface area contributed by atoms with Gasteiger partial charge in [0.1, 0.15) is 6.10 Å². The van der Waals surface area contributed by atoms with Crippen molar-refractivity contribution < 1.29 is 48.3 Å². The fourth-order valence-corrected chi connectivity index (χ4v) is 11.7. The number of fused-ring (bicyclic) bond motifs is 5. The Hall–Kier alpha value is -3.37. The maximum absolute atomic E-state index is 14.5. The minimum Gasteiger partial charge on any atom is -0.493 e. The van der Waals surface area contributed by atoms with E-state index in [1.807, 2.05) is 32.0 Å². The highest BCUT2D eigenvalue weighted by Gasteiger charge is 2.71. The smallest absolute Gasteiger partial charge is 0.336 e. The van der Waals surface area contributed by atoms with Gasteiger partial charge in [-0.25, -0.2) is 4.79 Å². The van der Waals surface area contributed by atoms with Crippen LogP contribution in [-0.2, 0) is 28.6 Å². The molecule has 0 heterocycles. The molecule has 306 valence electrons. The monoisotopic (exact) mass is 766 g/mol. The van der Waals surface area contributed by atoms with Crippen LogP contribution in [0.5, 0.6) is 11.5 Å². The average Bonchev–Trinajstić information content (AvgIpc) is 3.38. The number of rotatable bonds is 10. The maximum Gasteiger partial charge on any atom is 0.336 e. The van der Waals surface area contributed by atoms with Gasteiger partial charge in [-0.05, 0) is 155 Å². The van der Waals surface area contributed by atoms with Gasteiger partial charge < -0.3 is 33.9 Å². The van der Waals surface area contributed by atoms with Crippen LogP contribution < -0.4 is 9.47 Å². The van der Waals surface area contributed by atoms with Gasteiger partial charge >= 0.3 is 17.9 Å². The molecule has 0 spiro atoms. The molecule has 4 aliphatic carbocycles. The summed E-state index contributed by atoms with van der Waals surface area (Å²) in [7, 11) is 3.18. The molecule has 1 aromatic rings. The van der Waals surface area contributed by atoms with Crippen LogP contribution in [0.2, 0.25) is 0 Å². The second kappa shape index (κ2) is 15.9. The number of aliphatic hydroxyl groups is 2. The fourth-order valence-electron chi connectivity index (χ4n) is 11.7. The molecule has 1 unspecified atom stereocenters. The largest absolute Gasteiger partial charge is 0.493 e. The number of benzene rings is 1. The SMILES string of the molecule is COc1ccc(C(CCC(C(=O)OCOC(=O)C(C)(C)C)=C2[C@@H](OC(C)=O)C[C@@]3(C)[C@@H]2C[C@@H](O)[C@@H]2[C@@]4(C)CC[C@@H](O)[C@@H](C)C4CC[C@@]23C)=C(C)C)cc1OC. The number of carbonyl (C=O) groups is 3. The molecule has 0 bridgehead atoms. The summed E-state index contributed by atoms with van der Waals surface area (Å²) >= 11 is 0. The number of allylic oxidation sites excluding steroid dienone is 2. The second-order valence-corrected chi connectivity index (χ2v) is 18.8. The molecule has 0 amide bonds. The second-order valence-electron chi connectivity index (χ2n) is 18.8. The minimum atomic E-state index is -0.784. The van der Waals surface area contributed by atoms with Crippen molar-refractivity contribution in [2.24, 2.45) is 45.3 Å². The molecule has 0 saturated heterocycles. The highest BCUT2D eigenvalue weighted by Crippen LogP contribution is 2.74. The Labute approximate surface area is 328 Å². The zero-order chi connectivity index (χ0) is 40.8. The Morgan fingerprint density at radius 2 is 1.55 bits per heavy atom. The van der Waals surface area contributed by atoms with E-state index < -0.39 is 47.7 Å². The van der Waals surface area contributed by atoms with Crippen molar-refractivity contribution in [3.8, 4) is 11.5 Å². The van der Waals surface area contributed by atoms with E-state index in [9.17, 15) is 24.6 Å². The van der Waals surface area contributed by atoms with Crippen LogP contribution >= 0.6 is 0 Å². The summed E-state index contributed by atoms with van der Waals surface area (Å²) < 4.78 is 28.4. The van der Waals surface area contributed by atoms with E-state index in [-0.39, 0.29) is 47.0 Å². The van der Waals surface area contributed by atoms with Crippen molar-refractivity contribution in [3.05, 3.63) is 40.5 Å². The van der Waals surface area contributed by atoms with Gasteiger partial charge in [0.15, 0.2) is 11.5 Å². The van der Waals surface area contributed by atoms with E-state index in [4.69, 9.17) is 23.7 Å². The zero-order valence-electron chi connectivity index (χ0n) is 35.3. The number of esters is 3. The summed E-state index contributed by atoms with van der Waals surface area (Å²) in [5.74, 6) is -0.284. The van der Waals surface area contributed by atoms with Crippen LogP contribution in [0, 0.1) is 45.3 Å². The molecule has 2 N–H and O–H groups in total. The number of carbonyl (C=O) groups excluding carboxylic acids is 3. The molecule has 4 fully saturated rings. The van der Waals surface area contributed by atoms with E-state index in [2.05, 4.69) is 27.7 Å². The third-order valence-corrected chi connectivity index (χ3v) is 14.6. The molecular weight excluding hydrogens is 700 g/mol. The summed E-state index contributed by atoms with van der Waals surface area (Å²) in [5, 5.41) is 23.3. The summed E-state index contributed by atoms with van der Waals surface area (Å²) in [6, 6.07) is 5.75. The number of hydrogen-bond donors (Lipinski definition) is 2. The molecule has 55 heavy (non-hydrogen) atoms. The van der Waals surface area contributed by atoms with Gasteiger partial charge in [-0.2, -0.15) is 0 Å². The van der Waals surface area contributed by atoms with Crippen molar-refractivity contribution in [1.82, 2.24) is 0 Å². The lowest BCUT2D eigenvalue weighted by Gasteiger charge is -2.69. The lowest BCUT2D eigenvalue weighted by atomic mass is 9.36. The molecule has 10 atom stereocenters. The first-order valence-electron chi connectivity index (χ1n) is 20.1. The summed E-state index contributed by atoms with van der Waals surface area (Å²) in [6.07, 6.45) is 3.22. The molecule has 4 saturated carbocycles. The molecule has 0 aromatic heterocycles. The van der Waals surface area contributed by atoms with E-state index in [0.717, 1.165) is 36.0 Å². The number of hydrogen-bond acceptors (Lipinski definition) is 10. The van der Waals surface area contributed by atoms with Gasteiger partial charge in [-0.1, -0.05) is 39.3 Å². The molecule has 5 rings (SSSR count). The topological polar surface area (TPSA) is 138 Å². The van der Waals surface area contributed by atoms with Gasteiger partial charge in [0.2, 0.25) is 6.79 Å².